The molecule has 0 unspecified atom stereocenters. The molecule has 106 valence electrons. The lowest BCUT2D eigenvalue weighted by Crippen LogP contribution is -2.36. The third-order valence-electron chi connectivity index (χ3n) is 2.53. The molecular formula is C13H17F2NO3. The molecule has 1 aromatic rings. The number of carbonyl (C=O) groups excluding carboxylic acids is 1. The molecule has 0 saturated heterocycles. The van der Waals surface area contributed by atoms with Crippen LogP contribution in [0.1, 0.15) is 10.4 Å². The van der Waals surface area contributed by atoms with Gasteiger partial charge in [0, 0.05) is 38.9 Å². The molecule has 4 nitrogen and oxygen atoms in total. The van der Waals surface area contributed by atoms with E-state index in [2.05, 4.69) is 0 Å². The molecule has 0 radical (unpaired) electrons. The highest BCUT2D eigenvalue weighted by atomic mass is 19.1. The maximum atomic E-state index is 13.1. The molecule has 0 heterocycles. The van der Waals surface area contributed by atoms with Gasteiger partial charge in [0.2, 0.25) is 0 Å². The summed E-state index contributed by atoms with van der Waals surface area (Å²) in [6.07, 6.45) is 0. The van der Waals surface area contributed by atoms with Crippen molar-refractivity contribution in [2.24, 2.45) is 0 Å². The van der Waals surface area contributed by atoms with Gasteiger partial charge in [-0.25, -0.2) is 8.78 Å². The van der Waals surface area contributed by atoms with Gasteiger partial charge < -0.3 is 14.4 Å². The Labute approximate surface area is 110 Å². The van der Waals surface area contributed by atoms with Crippen molar-refractivity contribution in [3.8, 4) is 0 Å². The average Bonchev–Trinajstić information content (AvgIpc) is 2.37. The van der Waals surface area contributed by atoms with Crippen molar-refractivity contribution < 1.29 is 23.0 Å². The minimum absolute atomic E-state index is 0.0234. The van der Waals surface area contributed by atoms with Gasteiger partial charge in [-0.15, -0.1) is 0 Å². The molecule has 1 aromatic carbocycles. The number of methoxy groups -OCH3 is 2. The summed E-state index contributed by atoms with van der Waals surface area (Å²) in [4.78, 5) is 13.6. The fraction of sp³-hybridized carbons (Fsp3) is 0.462. The van der Waals surface area contributed by atoms with Crippen LogP contribution in [0.15, 0.2) is 18.2 Å². The van der Waals surface area contributed by atoms with Gasteiger partial charge in [0.1, 0.15) is 11.6 Å². The predicted octanol–water partition coefficient (Wildman–Crippen LogP) is 1.70. The second-order valence-electron chi connectivity index (χ2n) is 3.94. The Morgan fingerprint density at radius 1 is 1.05 bits per heavy atom. The minimum Gasteiger partial charge on any atom is -0.383 e. The van der Waals surface area contributed by atoms with Gasteiger partial charge in [0.15, 0.2) is 0 Å². The molecule has 19 heavy (non-hydrogen) atoms. The third-order valence-corrected chi connectivity index (χ3v) is 2.53. The van der Waals surface area contributed by atoms with Gasteiger partial charge in [0.25, 0.3) is 5.91 Å². The first-order valence-electron chi connectivity index (χ1n) is 5.81. The van der Waals surface area contributed by atoms with E-state index >= 15 is 0 Å². The van der Waals surface area contributed by atoms with Crippen LogP contribution >= 0.6 is 0 Å². The highest BCUT2D eigenvalue weighted by molar-refractivity contribution is 5.94. The monoisotopic (exact) mass is 273 g/mol. The quantitative estimate of drug-likeness (QED) is 0.759. The zero-order valence-electron chi connectivity index (χ0n) is 11.0. The third kappa shape index (κ3) is 4.92. The van der Waals surface area contributed by atoms with Crippen LogP contribution in [-0.2, 0) is 9.47 Å². The van der Waals surface area contributed by atoms with Crippen LogP contribution in [0.5, 0.6) is 0 Å². The first-order valence-corrected chi connectivity index (χ1v) is 5.81. The first-order chi connectivity index (χ1) is 9.08. The standard InChI is InChI=1S/C13H17F2NO3/c1-18-5-3-16(4-6-19-2)13(17)10-7-11(14)9-12(15)8-10/h7-9H,3-6H2,1-2H3. The van der Waals surface area contributed by atoms with E-state index in [1.165, 1.54) is 19.1 Å². The first kappa shape index (κ1) is 15.5. The van der Waals surface area contributed by atoms with E-state index in [-0.39, 0.29) is 5.56 Å². The Bertz CT molecular complexity index is 398. The van der Waals surface area contributed by atoms with Crippen LogP contribution in [0.3, 0.4) is 0 Å². The Hall–Kier alpha value is -1.53. The molecule has 1 rings (SSSR count). The largest absolute Gasteiger partial charge is 0.383 e. The summed E-state index contributed by atoms with van der Waals surface area (Å²) in [5.74, 6) is -2.00. The van der Waals surface area contributed by atoms with Crippen molar-refractivity contribution in [1.29, 1.82) is 0 Å². The number of ether oxygens (including phenoxy) is 2. The Balaban J connectivity index is 2.84. The number of halogens is 2. The molecule has 0 aliphatic carbocycles. The lowest BCUT2D eigenvalue weighted by atomic mass is 10.2. The maximum Gasteiger partial charge on any atom is 0.254 e. The van der Waals surface area contributed by atoms with Crippen LogP contribution in [0, 0.1) is 11.6 Å². The average molecular weight is 273 g/mol. The highest BCUT2D eigenvalue weighted by Gasteiger charge is 2.17. The topological polar surface area (TPSA) is 38.8 Å². The fourth-order valence-corrected chi connectivity index (χ4v) is 1.58. The summed E-state index contributed by atoms with van der Waals surface area (Å²) in [5, 5.41) is 0. The summed E-state index contributed by atoms with van der Waals surface area (Å²) in [6.45, 7) is 1.34. The molecular weight excluding hydrogens is 256 g/mol. The van der Waals surface area contributed by atoms with E-state index in [1.54, 1.807) is 0 Å². The van der Waals surface area contributed by atoms with Gasteiger partial charge in [0.05, 0.1) is 13.2 Å². The van der Waals surface area contributed by atoms with Gasteiger partial charge in [-0.2, -0.15) is 0 Å². The van der Waals surface area contributed by atoms with Crippen LogP contribution < -0.4 is 0 Å². The number of nitrogens with zero attached hydrogens (tertiary/aromatic N) is 1. The van der Waals surface area contributed by atoms with Crippen molar-refractivity contribution in [3.05, 3.63) is 35.4 Å². The summed E-state index contributed by atoms with van der Waals surface area (Å²) in [7, 11) is 3.03. The van der Waals surface area contributed by atoms with Crippen molar-refractivity contribution in [3.63, 3.8) is 0 Å². The summed E-state index contributed by atoms with van der Waals surface area (Å²) < 4.78 is 36.0. The van der Waals surface area contributed by atoms with Crippen molar-refractivity contribution >= 4 is 5.91 Å². The number of amides is 1. The molecule has 1 amide bonds. The van der Waals surface area contributed by atoms with Crippen molar-refractivity contribution in [1.82, 2.24) is 4.90 Å². The second-order valence-corrected chi connectivity index (χ2v) is 3.94. The van der Waals surface area contributed by atoms with E-state index in [4.69, 9.17) is 9.47 Å². The summed E-state index contributed by atoms with van der Waals surface area (Å²) in [6, 6.07) is 2.75. The molecule has 0 aliphatic rings. The lowest BCUT2D eigenvalue weighted by molar-refractivity contribution is 0.0626. The molecule has 0 aromatic heterocycles. The normalized spacial score (nSPS) is 10.5. The smallest absolute Gasteiger partial charge is 0.254 e. The number of rotatable bonds is 7. The van der Waals surface area contributed by atoms with Crippen LogP contribution in [-0.4, -0.2) is 51.3 Å². The van der Waals surface area contributed by atoms with Crippen LogP contribution in [0.4, 0.5) is 8.78 Å². The van der Waals surface area contributed by atoms with E-state index in [0.29, 0.717) is 26.3 Å². The molecule has 0 N–H and O–H groups in total. The molecule has 0 saturated carbocycles. The van der Waals surface area contributed by atoms with Crippen molar-refractivity contribution in [2.75, 3.05) is 40.5 Å². The molecule has 6 heteroatoms. The van der Waals surface area contributed by atoms with E-state index < -0.39 is 17.5 Å². The molecule has 0 atom stereocenters. The minimum atomic E-state index is -0.776. The Kier molecular flexibility index (Phi) is 6.38. The van der Waals surface area contributed by atoms with Gasteiger partial charge >= 0.3 is 0 Å². The van der Waals surface area contributed by atoms with Gasteiger partial charge in [-0.1, -0.05) is 0 Å². The van der Waals surface area contributed by atoms with Crippen molar-refractivity contribution in [2.45, 2.75) is 0 Å². The van der Waals surface area contributed by atoms with Crippen LogP contribution in [0.2, 0.25) is 0 Å². The van der Waals surface area contributed by atoms with Gasteiger partial charge in [-0.3, -0.25) is 4.79 Å². The zero-order chi connectivity index (χ0) is 14.3. The van der Waals surface area contributed by atoms with Gasteiger partial charge in [-0.05, 0) is 12.1 Å². The predicted molar refractivity (Wildman–Crippen MR) is 66.0 cm³/mol. The van der Waals surface area contributed by atoms with E-state index in [1.807, 2.05) is 0 Å². The van der Waals surface area contributed by atoms with E-state index in [0.717, 1.165) is 18.2 Å². The number of hydrogen-bond donors (Lipinski definition) is 0. The zero-order valence-corrected chi connectivity index (χ0v) is 11.0. The highest BCUT2D eigenvalue weighted by Crippen LogP contribution is 2.10. The molecule has 0 aliphatic heterocycles. The fourth-order valence-electron chi connectivity index (χ4n) is 1.58. The number of carbonyl (C=O) groups is 1. The lowest BCUT2D eigenvalue weighted by Gasteiger charge is -2.22. The summed E-state index contributed by atoms with van der Waals surface area (Å²) in [5.41, 5.74) is -0.0234. The van der Waals surface area contributed by atoms with Crippen LogP contribution in [0.25, 0.3) is 0 Å². The Morgan fingerprint density at radius 3 is 1.95 bits per heavy atom. The SMILES string of the molecule is COCCN(CCOC)C(=O)c1cc(F)cc(F)c1. The number of hydrogen-bond acceptors (Lipinski definition) is 3. The second kappa shape index (κ2) is 7.81. The van der Waals surface area contributed by atoms with E-state index in [9.17, 15) is 13.6 Å². The molecule has 0 fully saturated rings. The molecule has 0 bridgehead atoms. The molecule has 0 spiro atoms. The maximum absolute atomic E-state index is 13.1. The Morgan fingerprint density at radius 2 is 1.53 bits per heavy atom. The number of benzene rings is 1. The summed E-state index contributed by atoms with van der Waals surface area (Å²) >= 11 is 0.